The minimum atomic E-state index is -0.705. The fraction of sp³-hybridized carbons (Fsp3) is 0.0833. The molecule has 0 aliphatic heterocycles. The first-order valence-corrected chi connectivity index (χ1v) is 6.31. The lowest BCUT2D eigenvalue weighted by Gasteiger charge is -2.12. The number of nitrogens with zero attached hydrogens (tertiary/aromatic N) is 1. The third-order valence-electron chi connectivity index (χ3n) is 2.21. The Morgan fingerprint density at radius 3 is 2.44 bits per heavy atom. The van der Waals surface area contributed by atoms with Crippen LogP contribution in [0.3, 0.4) is 0 Å². The van der Waals surface area contributed by atoms with Gasteiger partial charge in [0.1, 0.15) is 6.10 Å². The van der Waals surface area contributed by atoms with E-state index in [9.17, 15) is 5.11 Å². The third-order valence-corrected chi connectivity index (χ3v) is 3.28. The smallest absolute Gasteiger partial charge is 0.122 e. The van der Waals surface area contributed by atoms with Gasteiger partial charge in [0.25, 0.3) is 0 Å². The topological polar surface area (TPSA) is 33.1 Å². The Labute approximate surface area is 111 Å². The summed E-state index contributed by atoms with van der Waals surface area (Å²) in [5.41, 5.74) is 1.45. The molecule has 1 aromatic heterocycles. The van der Waals surface area contributed by atoms with Crippen molar-refractivity contribution in [1.29, 1.82) is 0 Å². The highest BCUT2D eigenvalue weighted by Crippen LogP contribution is 2.28. The van der Waals surface area contributed by atoms with Crippen molar-refractivity contribution in [1.82, 2.24) is 4.98 Å². The summed E-state index contributed by atoms with van der Waals surface area (Å²) in [4.78, 5) is 4.21. The van der Waals surface area contributed by atoms with Crippen LogP contribution in [-0.2, 0) is 0 Å². The summed E-state index contributed by atoms with van der Waals surface area (Å²) < 4.78 is 1.67. The zero-order valence-electron chi connectivity index (χ0n) is 8.27. The van der Waals surface area contributed by atoms with E-state index in [1.807, 2.05) is 36.4 Å². The minimum Gasteiger partial charge on any atom is -0.382 e. The van der Waals surface area contributed by atoms with Crippen LogP contribution in [0.1, 0.15) is 17.4 Å². The van der Waals surface area contributed by atoms with Crippen LogP contribution in [0.5, 0.6) is 0 Å². The second kappa shape index (κ2) is 5.08. The molecule has 1 atom stereocenters. The molecule has 2 rings (SSSR count). The Balaban J connectivity index is 2.38. The molecule has 0 fully saturated rings. The molecule has 0 bridgehead atoms. The van der Waals surface area contributed by atoms with Gasteiger partial charge in [0.15, 0.2) is 0 Å². The summed E-state index contributed by atoms with van der Waals surface area (Å²) in [6.45, 7) is 0. The molecule has 2 aromatic rings. The first-order valence-electron chi connectivity index (χ1n) is 4.72. The molecule has 1 N–H and O–H groups in total. The average molecular weight is 343 g/mol. The van der Waals surface area contributed by atoms with Gasteiger partial charge in [-0.05, 0) is 43.5 Å². The highest BCUT2D eigenvalue weighted by atomic mass is 79.9. The average Bonchev–Trinajstić information content (AvgIpc) is 2.29. The van der Waals surface area contributed by atoms with Gasteiger partial charge in [0, 0.05) is 15.1 Å². The van der Waals surface area contributed by atoms with Crippen molar-refractivity contribution in [3.63, 3.8) is 0 Å². The predicted molar refractivity (Wildman–Crippen MR) is 70.1 cm³/mol. The van der Waals surface area contributed by atoms with Crippen molar-refractivity contribution in [3.8, 4) is 0 Å². The highest BCUT2D eigenvalue weighted by molar-refractivity contribution is 9.11. The van der Waals surface area contributed by atoms with E-state index in [4.69, 9.17) is 0 Å². The molecule has 0 aliphatic carbocycles. The number of pyridine rings is 1. The molecular formula is C12H9Br2NO. The Hall–Kier alpha value is -0.710. The maximum atomic E-state index is 10.2. The number of aliphatic hydroxyl groups excluding tert-OH is 1. The second-order valence-electron chi connectivity index (χ2n) is 3.33. The van der Waals surface area contributed by atoms with E-state index in [2.05, 4.69) is 36.8 Å². The maximum Gasteiger partial charge on any atom is 0.122 e. The summed E-state index contributed by atoms with van der Waals surface area (Å²) in [6.07, 6.45) is 0.968. The van der Waals surface area contributed by atoms with Gasteiger partial charge in [0.2, 0.25) is 0 Å². The number of rotatable bonds is 2. The highest BCUT2D eigenvalue weighted by Gasteiger charge is 2.14. The molecule has 16 heavy (non-hydrogen) atoms. The fourth-order valence-corrected chi connectivity index (χ4v) is 2.62. The molecule has 0 spiro atoms. The van der Waals surface area contributed by atoms with E-state index in [0.717, 1.165) is 14.5 Å². The predicted octanol–water partition coefficient (Wildman–Crippen LogP) is 3.69. The molecule has 2 nitrogen and oxygen atoms in total. The zero-order valence-corrected chi connectivity index (χ0v) is 11.4. The van der Waals surface area contributed by atoms with Crippen molar-refractivity contribution in [2.45, 2.75) is 6.10 Å². The number of halogens is 2. The molecule has 0 saturated heterocycles. The lowest BCUT2D eigenvalue weighted by Crippen LogP contribution is -2.03. The number of hydrogen-bond donors (Lipinski definition) is 1. The first-order chi connectivity index (χ1) is 7.68. The SMILES string of the molecule is OC(c1ccccc1)c1ncc(Br)cc1Br. The Morgan fingerprint density at radius 2 is 1.81 bits per heavy atom. The van der Waals surface area contributed by atoms with E-state index < -0.39 is 6.10 Å². The van der Waals surface area contributed by atoms with Gasteiger partial charge >= 0.3 is 0 Å². The van der Waals surface area contributed by atoms with Gasteiger partial charge in [-0.15, -0.1) is 0 Å². The lowest BCUT2D eigenvalue weighted by atomic mass is 10.1. The van der Waals surface area contributed by atoms with E-state index in [1.54, 1.807) is 6.20 Å². The van der Waals surface area contributed by atoms with E-state index in [0.29, 0.717) is 5.69 Å². The van der Waals surface area contributed by atoms with Crippen LogP contribution in [0.2, 0.25) is 0 Å². The van der Waals surface area contributed by atoms with Gasteiger partial charge in [-0.3, -0.25) is 4.98 Å². The normalized spacial score (nSPS) is 12.4. The van der Waals surface area contributed by atoms with Crippen molar-refractivity contribution in [2.24, 2.45) is 0 Å². The van der Waals surface area contributed by atoms with Gasteiger partial charge in [-0.25, -0.2) is 0 Å². The molecule has 4 heteroatoms. The van der Waals surface area contributed by atoms with E-state index >= 15 is 0 Å². The Bertz CT molecular complexity index is 488. The van der Waals surface area contributed by atoms with Crippen molar-refractivity contribution < 1.29 is 5.11 Å². The van der Waals surface area contributed by atoms with Crippen molar-refractivity contribution in [3.05, 3.63) is 62.8 Å². The van der Waals surface area contributed by atoms with Crippen molar-refractivity contribution >= 4 is 31.9 Å². The zero-order chi connectivity index (χ0) is 11.5. The standard InChI is InChI=1S/C12H9Br2NO/c13-9-6-10(14)11(15-7-9)12(16)8-4-2-1-3-5-8/h1-7,12,16H. The van der Waals surface area contributed by atoms with Crippen LogP contribution >= 0.6 is 31.9 Å². The third kappa shape index (κ3) is 2.51. The number of benzene rings is 1. The molecule has 0 saturated carbocycles. The minimum absolute atomic E-state index is 0.620. The molecular weight excluding hydrogens is 334 g/mol. The second-order valence-corrected chi connectivity index (χ2v) is 5.10. The monoisotopic (exact) mass is 341 g/mol. The summed E-state index contributed by atoms with van der Waals surface area (Å²) in [7, 11) is 0. The van der Waals surface area contributed by atoms with Crippen LogP contribution < -0.4 is 0 Å². The van der Waals surface area contributed by atoms with Gasteiger partial charge in [0.05, 0.1) is 5.69 Å². The first kappa shape index (κ1) is 11.8. The molecule has 1 unspecified atom stereocenters. The Morgan fingerprint density at radius 1 is 1.12 bits per heavy atom. The number of hydrogen-bond acceptors (Lipinski definition) is 2. The van der Waals surface area contributed by atoms with Gasteiger partial charge in [-0.1, -0.05) is 30.3 Å². The molecule has 0 radical (unpaired) electrons. The fourth-order valence-electron chi connectivity index (χ4n) is 1.42. The largest absolute Gasteiger partial charge is 0.382 e. The van der Waals surface area contributed by atoms with Crippen LogP contribution in [0, 0.1) is 0 Å². The quantitative estimate of drug-likeness (QED) is 0.902. The Kier molecular flexibility index (Phi) is 3.74. The van der Waals surface area contributed by atoms with E-state index in [1.165, 1.54) is 0 Å². The molecule has 1 aromatic carbocycles. The summed E-state index contributed by atoms with van der Waals surface area (Å²) in [5.74, 6) is 0. The molecule has 0 aliphatic rings. The van der Waals surface area contributed by atoms with Crippen molar-refractivity contribution in [2.75, 3.05) is 0 Å². The van der Waals surface area contributed by atoms with Crippen LogP contribution in [-0.4, -0.2) is 10.1 Å². The van der Waals surface area contributed by atoms with E-state index in [-0.39, 0.29) is 0 Å². The molecule has 1 heterocycles. The van der Waals surface area contributed by atoms with Crippen LogP contribution in [0.4, 0.5) is 0 Å². The number of aromatic nitrogens is 1. The lowest BCUT2D eigenvalue weighted by molar-refractivity contribution is 0.214. The summed E-state index contributed by atoms with van der Waals surface area (Å²) in [6, 6.07) is 11.3. The summed E-state index contributed by atoms with van der Waals surface area (Å²) in [5, 5.41) is 10.2. The molecule has 0 amide bonds. The van der Waals surface area contributed by atoms with Crippen LogP contribution in [0.25, 0.3) is 0 Å². The summed E-state index contributed by atoms with van der Waals surface area (Å²) >= 11 is 6.72. The van der Waals surface area contributed by atoms with Crippen LogP contribution in [0.15, 0.2) is 51.5 Å². The maximum absolute atomic E-state index is 10.2. The van der Waals surface area contributed by atoms with Gasteiger partial charge in [-0.2, -0.15) is 0 Å². The van der Waals surface area contributed by atoms with Gasteiger partial charge < -0.3 is 5.11 Å². The molecule has 82 valence electrons. The number of aliphatic hydroxyl groups is 1.